The van der Waals surface area contributed by atoms with Gasteiger partial charge in [0.25, 0.3) is 5.56 Å². The summed E-state index contributed by atoms with van der Waals surface area (Å²) >= 11 is 6.20. The van der Waals surface area contributed by atoms with Gasteiger partial charge in [0.2, 0.25) is 0 Å². The molecule has 0 spiro atoms. The van der Waals surface area contributed by atoms with Crippen LogP contribution in [0.2, 0.25) is 0 Å². The van der Waals surface area contributed by atoms with Crippen molar-refractivity contribution in [3.63, 3.8) is 0 Å². The van der Waals surface area contributed by atoms with Gasteiger partial charge in [0.15, 0.2) is 0 Å². The molecule has 100 valence electrons. The van der Waals surface area contributed by atoms with Crippen LogP contribution in [-0.2, 0) is 6.54 Å². The number of alkyl halides is 1. The molecular formula is C15H17ClN2O. The van der Waals surface area contributed by atoms with Crippen LogP contribution in [-0.4, -0.2) is 9.55 Å². The molecule has 1 aromatic carbocycles. The third kappa shape index (κ3) is 2.27. The Bertz CT molecular complexity index is 659. The summed E-state index contributed by atoms with van der Waals surface area (Å²) in [6, 6.07) is 7.48. The van der Waals surface area contributed by atoms with E-state index in [-0.39, 0.29) is 10.9 Å². The lowest BCUT2D eigenvalue weighted by Crippen LogP contribution is -2.30. The van der Waals surface area contributed by atoms with Crippen molar-refractivity contribution in [3.8, 4) is 0 Å². The highest BCUT2D eigenvalue weighted by molar-refractivity contribution is 6.20. The second-order valence-electron chi connectivity index (χ2n) is 5.32. The molecule has 0 saturated heterocycles. The summed E-state index contributed by atoms with van der Waals surface area (Å²) in [4.78, 5) is 17.2. The van der Waals surface area contributed by atoms with Crippen molar-refractivity contribution >= 4 is 22.5 Å². The second kappa shape index (κ2) is 4.97. The minimum Gasteiger partial charge on any atom is -0.295 e. The Morgan fingerprint density at radius 1 is 1.42 bits per heavy atom. The van der Waals surface area contributed by atoms with Gasteiger partial charge < -0.3 is 0 Å². The maximum atomic E-state index is 12.6. The van der Waals surface area contributed by atoms with E-state index in [0.29, 0.717) is 17.1 Å². The smallest absolute Gasteiger partial charge is 0.261 e. The normalized spacial score (nSPS) is 17.4. The molecule has 1 unspecified atom stereocenters. The Morgan fingerprint density at radius 3 is 2.79 bits per heavy atom. The van der Waals surface area contributed by atoms with Crippen molar-refractivity contribution in [1.82, 2.24) is 9.55 Å². The molecule has 1 atom stereocenters. The molecule has 1 aromatic heterocycles. The Balaban J connectivity index is 2.17. The minimum absolute atomic E-state index is 0.0417. The molecule has 3 rings (SSSR count). The number of aromatic nitrogens is 2. The minimum atomic E-state index is -0.252. The molecule has 1 saturated carbocycles. The van der Waals surface area contributed by atoms with Gasteiger partial charge in [0.05, 0.1) is 16.3 Å². The summed E-state index contributed by atoms with van der Waals surface area (Å²) in [6.07, 6.45) is 3.68. The zero-order valence-corrected chi connectivity index (χ0v) is 11.7. The van der Waals surface area contributed by atoms with Gasteiger partial charge in [-0.05, 0) is 37.8 Å². The Kier molecular flexibility index (Phi) is 3.31. The molecule has 4 heteroatoms. The van der Waals surface area contributed by atoms with Gasteiger partial charge in [-0.2, -0.15) is 0 Å². The van der Waals surface area contributed by atoms with Gasteiger partial charge in [0, 0.05) is 6.54 Å². The molecular weight excluding hydrogens is 260 g/mol. The number of nitrogens with zero attached hydrogens (tertiary/aromatic N) is 2. The zero-order valence-electron chi connectivity index (χ0n) is 11.0. The topological polar surface area (TPSA) is 34.9 Å². The third-order valence-electron chi connectivity index (χ3n) is 3.91. The highest BCUT2D eigenvalue weighted by atomic mass is 35.5. The fourth-order valence-corrected chi connectivity index (χ4v) is 2.77. The van der Waals surface area contributed by atoms with Crippen LogP contribution in [0.5, 0.6) is 0 Å². The van der Waals surface area contributed by atoms with E-state index in [9.17, 15) is 4.79 Å². The van der Waals surface area contributed by atoms with Gasteiger partial charge >= 0.3 is 0 Å². The zero-order chi connectivity index (χ0) is 13.4. The van der Waals surface area contributed by atoms with Crippen molar-refractivity contribution in [3.05, 3.63) is 40.4 Å². The number of hydrogen-bond acceptors (Lipinski definition) is 2. The molecule has 0 aliphatic heterocycles. The van der Waals surface area contributed by atoms with Gasteiger partial charge in [-0.3, -0.25) is 9.36 Å². The van der Waals surface area contributed by atoms with Gasteiger partial charge in [-0.25, -0.2) is 4.98 Å². The van der Waals surface area contributed by atoms with Crippen LogP contribution < -0.4 is 5.56 Å². The SMILES string of the molecule is CC(Cl)c1nc2ccccc2c(=O)n1CC1CCC1. The number of para-hydroxylation sites is 1. The predicted octanol–water partition coefficient (Wildman–Crippen LogP) is 3.50. The van der Waals surface area contributed by atoms with Crippen LogP contribution in [0.1, 0.15) is 37.4 Å². The van der Waals surface area contributed by atoms with E-state index in [0.717, 1.165) is 12.1 Å². The van der Waals surface area contributed by atoms with Crippen LogP contribution >= 0.6 is 11.6 Å². The van der Waals surface area contributed by atoms with Gasteiger partial charge in [-0.15, -0.1) is 11.6 Å². The Hall–Kier alpha value is -1.35. The summed E-state index contributed by atoms with van der Waals surface area (Å²) in [7, 11) is 0. The third-order valence-corrected chi connectivity index (χ3v) is 4.11. The summed E-state index contributed by atoms with van der Waals surface area (Å²) in [5, 5.41) is 0.431. The highest BCUT2D eigenvalue weighted by Gasteiger charge is 2.22. The van der Waals surface area contributed by atoms with Crippen molar-refractivity contribution in [2.75, 3.05) is 0 Å². The largest absolute Gasteiger partial charge is 0.295 e. The van der Waals surface area contributed by atoms with Gasteiger partial charge in [0.1, 0.15) is 5.82 Å². The lowest BCUT2D eigenvalue weighted by atomic mass is 9.85. The first kappa shape index (κ1) is 12.7. The number of hydrogen-bond donors (Lipinski definition) is 0. The van der Waals surface area contributed by atoms with E-state index < -0.39 is 0 Å². The molecule has 0 amide bonds. The van der Waals surface area contributed by atoms with Crippen molar-refractivity contribution in [2.45, 2.75) is 38.1 Å². The van der Waals surface area contributed by atoms with Gasteiger partial charge in [-0.1, -0.05) is 18.6 Å². The van der Waals surface area contributed by atoms with Crippen LogP contribution in [0.4, 0.5) is 0 Å². The Labute approximate surface area is 117 Å². The number of rotatable bonds is 3. The second-order valence-corrected chi connectivity index (χ2v) is 5.97. The molecule has 0 bridgehead atoms. The quantitative estimate of drug-likeness (QED) is 0.804. The molecule has 19 heavy (non-hydrogen) atoms. The molecule has 1 fully saturated rings. The van der Waals surface area contributed by atoms with Crippen LogP contribution in [0.25, 0.3) is 10.9 Å². The van der Waals surface area contributed by atoms with E-state index in [2.05, 4.69) is 4.98 Å². The van der Waals surface area contributed by atoms with E-state index in [1.807, 2.05) is 31.2 Å². The fraction of sp³-hybridized carbons (Fsp3) is 0.467. The molecule has 1 heterocycles. The summed E-state index contributed by atoms with van der Waals surface area (Å²) in [5.74, 6) is 1.30. The molecule has 1 aliphatic carbocycles. The van der Waals surface area contributed by atoms with E-state index in [1.165, 1.54) is 19.3 Å². The molecule has 3 nitrogen and oxygen atoms in total. The van der Waals surface area contributed by atoms with Crippen LogP contribution in [0.3, 0.4) is 0 Å². The number of fused-ring (bicyclic) bond motifs is 1. The van der Waals surface area contributed by atoms with Crippen LogP contribution in [0, 0.1) is 5.92 Å². The average Bonchev–Trinajstić information content (AvgIpc) is 2.35. The highest BCUT2D eigenvalue weighted by Crippen LogP contribution is 2.29. The molecule has 0 N–H and O–H groups in total. The predicted molar refractivity (Wildman–Crippen MR) is 77.6 cm³/mol. The molecule has 1 aliphatic rings. The molecule has 0 radical (unpaired) electrons. The Morgan fingerprint density at radius 2 is 2.16 bits per heavy atom. The van der Waals surface area contributed by atoms with E-state index >= 15 is 0 Å². The monoisotopic (exact) mass is 276 g/mol. The summed E-state index contributed by atoms with van der Waals surface area (Å²) in [5.41, 5.74) is 0.778. The van der Waals surface area contributed by atoms with E-state index in [1.54, 1.807) is 4.57 Å². The van der Waals surface area contributed by atoms with E-state index in [4.69, 9.17) is 11.6 Å². The number of halogens is 1. The lowest BCUT2D eigenvalue weighted by molar-refractivity contribution is 0.270. The maximum absolute atomic E-state index is 12.6. The lowest BCUT2D eigenvalue weighted by Gasteiger charge is -2.27. The standard InChI is InChI=1S/C15H17ClN2O/c1-10(16)14-17-13-8-3-2-7-12(13)15(19)18(14)9-11-5-4-6-11/h2-3,7-8,10-11H,4-6,9H2,1H3. The average molecular weight is 277 g/mol. The summed E-state index contributed by atoms with van der Waals surface area (Å²) < 4.78 is 1.78. The first-order valence-electron chi connectivity index (χ1n) is 6.80. The maximum Gasteiger partial charge on any atom is 0.261 e. The fourth-order valence-electron chi connectivity index (χ4n) is 2.60. The van der Waals surface area contributed by atoms with Crippen molar-refractivity contribution in [2.24, 2.45) is 5.92 Å². The summed E-state index contributed by atoms with van der Waals surface area (Å²) in [6.45, 7) is 2.62. The number of benzene rings is 1. The van der Waals surface area contributed by atoms with Crippen molar-refractivity contribution in [1.29, 1.82) is 0 Å². The van der Waals surface area contributed by atoms with Crippen molar-refractivity contribution < 1.29 is 0 Å². The first-order chi connectivity index (χ1) is 9.16. The van der Waals surface area contributed by atoms with Crippen LogP contribution in [0.15, 0.2) is 29.1 Å². The first-order valence-corrected chi connectivity index (χ1v) is 7.24. The molecule has 2 aromatic rings.